The highest BCUT2D eigenvalue weighted by atomic mass is 16.2. The maximum atomic E-state index is 11.8. The number of carbonyl (C=O) groups excluding carboxylic acids is 2. The monoisotopic (exact) mass is 236 g/mol. The first-order valence-corrected chi connectivity index (χ1v) is 6.45. The quantitative estimate of drug-likeness (QED) is 0.587. The fourth-order valence-electron chi connectivity index (χ4n) is 2.53. The first-order valence-electron chi connectivity index (χ1n) is 6.45. The molecule has 0 aromatic carbocycles. The summed E-state index contributed by atoms with van der Waals surface area (Å²) in [4.78, 5) is 24.7. The van der Waals surface area contributed by atoms with Gasteiger partial charge in [0, 0.05) is 6.54 Å². The molecule has 94 valence electrons. The Labute approximate surface area is 102 Å². The second-order valence-corrected chi connectivity index (χ2v) is 4.79. The van der Waals surface area contributed by atoms with Crippen molar-refractivity contribution in [1.29, 1.82) is 0 Å². The van der Waals surface area contributed by atoms with E-state index >= 15 is 0 Å². The number of allylic oxidation sites excluding steroid dienone is 2. The van der Waals surface area contributed by atoms with E-state index in [4.69, 9.17) is 0 Å². The third-order valence-electron chi connectivity index (χ3n) is 3.59. The highest BCUT2D eigenvalue weighted by molar-refractivity contribution is 6.05. The highest BCUT2D eigenvalue weighted by Crippen LogP contribution is 2.18. The van der Waals surface area contributed by atoms with Gasteiger partial charge in [-0.3, -0.25) is 14.5 Å². The first kappa shape index (κ1) is 12.3. The molecule has 2 atom stereocenters. The van der Waals surface area contributed by atoms with Crippen LogP contribution in [-0.2, 0) is 9.59 Å². The molecule has 0 radical (unpaired) electrons. The second kappa shape index (κ2) is 5.45. The summed E-state index contributed by atoms with van der Waals surface area (Å²) < 4.78 is 0. The van der Waals surface area contributed by atoms with Gasteiger partial charge in [0.05, 0.1) is 12.5 Å². The molecule has 2 unspecified atom stereocenters. The van der Waals surface area contributed by atoms with E-state index in [1.165, 1.54) is 11.3 Å². The summed E-state index contributed by atoms with van der Waals surface area (Å²) in [7, 11) is 0. The molecule has 0 saturated carbocycles. The second-order valence-electron chi connectivity index (χ2n) is 4.79. The highest BCUT2D eigenvalue weighted by Gasteiger charge is 2.37. The number of amides is 2. The predicted octanol–water partition coefficient (Wildman–Crippen LogP) is 1.08. The van der Waals surface area contributed by atoms with Crippen molar-refractivity contribution >= 4 is 11.8 Å². The van der Waals surface area contributed by atoms with Crippen molar-refractivity contribution in [3.63, 3.8) is 0 Å². The Bertz CT molecular complexity index is 338. The van der Waals surface area contributed by atoms with Crippen molar-refractivity contribution in [2.75, 3.05) is 13.1 Å². The Morgan fingerprint density at radius 3 is 2.82 bits per heavy atom. The fraction of sp³-hybridized carbons (Fsp3) is 0.692. The van der Waals surface area contributed by atoms with Gasteiger partial charge < -0.3 is 5.32 Å². The van der Waals surface area contributed by atoms with Crippen LogP contribution < -0.4 is 5.32 Å². The normalized spacial score (nSPS) is 29.1. The van der Waals surface area contributed by atoms with Crippen molar-refractivity contribution in [3.05, 3.63) is 12.2 Å². The van der Waals surface area contributed by atoms with Gasteiger partial charge >= 0.3 is 0 Å². The average molecular weight is 236 g/mol. The van der Waals surface area contributed by atoms with Gasteiger partial charge in [-0.15, -0.1) is 0 Å². The van der Waals surface area contributed by atoms with Crippen LogP contribution in [-0.4, -0.2) is 35.8 Å². The minimum Gasteiger partial charge on any atom is -0.305 e. The molecule has 17 heavy (non-hydrogen) atoms. The average Bonchev–Trinajstić information content (AvgIpc) is 2.63. The van der Waals surface area contributed by atoms with Gasteiger partial charge in [-0.25, -0.2) is 0 Å². The Morgan fingerprint density at radius 1 is 1.41 bits per heavy atom. The Balaban J connectivity index is 1.82. The summed E-state index contributed by atoms with van der Waals surface area (Å²) >= 11 is 0. The summed E-state index contributed by atoms with van der Waals surface area (Å²) in [6, 6.07) is -0.284. The van der Waals surface area contributed by atoms with E-state index < -0.39 is 0 Å². The van der Waals surface area contributed by atoms with E-state index in [0.717, 1.165) is 19.4 Å². The van der Waals surface area contributed by atoms with Crippen LogP contribution in [0.25, 0.3) is 0 Å². The van der Waals surface area contributed by atoms with Crippen LogP contribution in [0.3, 0.4) is 0 Å². The predicted molar refractivity (Wildman–Crippen MR) is 65.3 cm³/mol. The minimum atomic E-state index is -0.284. The van der Waals surface area contributed by atoms with Gasteiger partial charge in [-0.05, 0) is 38.6 Å². The molecule has 4 heteroatoms. The number of hydrogen-bond acceptors (Lipinski definition) is 3. The lowest BCUT2D eigenvalue weighted by molar-refractivity contribution is -0.138. The number of hydrogen-bond donors (Lipinski definition) is 1. The molecule has 0 aromatic rings. The largest absolute Gasteiger partial charge is 0.305 e. The molecule has 1 heterocycles. The third kappa shape index (κ3) is 2.75. The molecule has 4 nitrogen and oxygen atoms in total. The van der Waals surface area contributed by atoms with E-state index in [1.54, 1.807) is 0 Å². The van der Waals surface area contributed by atoms with E-state index in [2.05, 4.69) is 17.5 Å². The zero-order valence-corrected chi connectivity index (χ0v) is 10.3. The van der Waals surface area contributed by atoms with Crippen molar-refractivity contribution in [2.24, 2.45) is 5.92 Å². The molecule has 2 amide bonds. The molecule has 1 aliphatic carbocycles. The molecule has 0 aromatic heterocycles. The standard InChI is InChI=1S/C13H20N2O2/c1-2-15-12(16)8-11(13(15)17)14-9-10-6-4-3-5-7-10/h3-4,10-11,14H,2,5-9H2,1H3. The molecule has 1 N–H and O–H groups in total. The summed E-state index contributed by atoms with van der Waals surface area (Å²) in [5.41, 5.74) is 0. The number of imide groups is 1. The number of carbonyl (C=O) groups is 2. The van der Waals surface area contributed by atoms with E-state index in [0.29, 0.717) is 18.9 Å². The SMILES string of the molecule is CCN1C(=O)CC(NCC2CC=CCC2)C1=O. The summed E-state index contributed by atoms with van der Waals surface area (Å²) in [5, 5.41) is 3.25. The lowest BCUT2D eigenvalue weighted by Crippen LogP contribution is -2.40. The van der Waals surface area contributed by atoms with Gasteiger partial charge in [0.2, 0.25) is 11.8 Å². The van der Waals surface area contributed by atoms with Gasteiger partial charge in [0.1, 0.15) is 0 Å². The number of nitrogens with one attached hydrogen (secondary N) is 1. The fourth-order valence-corrected chi connectivity index (χ4v) is 2.53. The number of rotatable bonds is 4. The number of nitrogens with zero attached hydrogens (tertiary/aromatic N) is 1. The van der Waals surface area contributed by atoms with Crippen molar-refractivity contribution in [2.45, 2.75) is 38.6 Å². The topological polar surface area (TPSA) is 49.4 Å². The van der Waals surface area contributed by atoms with Crippen molar-refractivity contribution < 1.29 is 9.59 Å². The molecular weight excluding hydrogens is 216 g/mol. The van der Waals surface area contributed by atoms with Crippen LogP contribution in [0.5, 0.6) is 0 Å². The van der Waals surface area contributed by atoms with Crippen LogP contribution in [0, 0.1) is 5.92 Å². The Kier molecular flexibility index (Phi) is 3.94. The molecule has 1 saturated heterocycles. The molecule has 0 spiro atoms. The number of likely N-dealkylation sites (N-methyl/N-ethyl adjacent to an activating group) is 1. The number of likely N-dealkylation sites (tertiary alicyclic amines) is 1. The summed E-state index contributed by atoms with van der Waals surface area (Å²) in [5.74, 6) is 0.515. The van der Waals surface area contributed by atoms with Gasteiger partial charge in [0.25, 0.3) is 0 Å². The molecule has 2 aliphatic rings. The molecule has 1 fully saturated rings. The van der Waals surface area contributed by atoms with E-state index in [9.17, 15) is 9.59 Å². The van der Waals surface area contributed by atoms with Crippen molar-refractivity contribution in [1.82, 2.24) is 10.2 Å². The zero-order chi connectivity index (χ0) is 12.3. The van der Waals surface area contributed by atoms with E-state index in [-0.39, 0.29) is 17.9 Å². The van der Waals surface area contributed by atoms with Gasteiger partial charge in [-0.2, -0.15) is 0 Å². The molecule has 2 rings (SSSR count). The van der Waals surface area contributed by atoms with E-state index in [1.807, 2.05) is 6.92 Å². The Morgan fingerprint density at radius 2 is 2.24 bits per heavy atom. The third-order valence-corrected chi connectivity index (χ3v) is 3.59. The van der Waals surface area contributed by atoms with Crippen molar-refractivity contribution in [3.8, 4) is 0 Å². The summed E-state index contributed by atoms with van der Waals surface area (Å²) in [6.07, 6.45) is 8.13. The zero-order valence-electron chi connectivity index (χ0n) is 10.3. The molecule has 0 bridgehead atoms. The van der Waals surface area contributed by atoms with Crippen LogP contribution >= 0.6 is 0 Å². The maximum absolute atomic E-state index is 11.8. The molecular formula is C13H20N2O2. The Hall–Kier alpha value is -1.16. The van der Waals surface area contributed by atoms with Crippen LogP contribution in [0.2, 0.25) is 0 Å². The lowest BCUT2D eigenvalue weighted by atomic mass is 9.94. The maximum Gasteiger partial charge on any atom is 0.246 e. The first-order chi connectivity index (χ1) is 8.22. The minimum absolute atomic E-state index is 0.0430. The summed E-state index contributed by atoms with van der Waals surface area (Å²) in [6.45, 7) is 3.16. The van der Waals surface area contributed by atoms with Crippen LogP contribution in [0.1, 0.15) is 32.6 Å². The van der Waals surface area contributed by atoms with Gasteiger partial charge in [-0.1, -0.05) is 12.2 Å². The van der Waals surface area contributed by atoms with Crippen LogP contribution in [0.4, 0.5) is 0 Å². The van der Waals surface area contributed by atoms with Gasteiger partial charge in [0.15, 0.2) is 0 Å². The lowest BCUT2D eigenvalue weighted by Gasteiger charge is -2.20. The smallest absolute Gasteiger partial charge is 0.246 e. The van der Waals surface area contributed by atoms with Crippen LogP contribution in [0.15, 0.2) is 12.2 Å². The molecule has 1 aliphatic heterocycles.